The van der Waals surface area contributed by atoms with Gasteiger partial charge in [0, 0.05) is 12.1 Å². The van der Waals surface area contributed by atoms with Gasteiger partial charge in [0.25, 0.3) is 0 Å². The molecule has 1 unspecified atom stereocenters. The molecule has 0 aromatic heterocycles. The molecule has 0 fully saturated rings. The molecule has 1 aromatic rings. The second-order valence-corrected chi connectivity index (χ2v) is 3.76. The number of carbonyl (C=O) groups excluding carboxylic acids is 1. The molecule has 1 rings (SSSR count). The van der Waals surface area contributed by atoms with E-state index < -0.39 is 41.2 Å². The lowest BCUT2D eigenvalue weighted by atomic mass is 10.2. The molecule has 8 heteroatoms. The first-order valence-electron chi connectivity index (χ1n) is 5.41. The molecule has 5 nitrogen and oxygen atoms in total. The van der Waals surface area contributed by atoms with Gasteiger partial charge in [0.05, 0.1) is 0 Å². The standard InChI is InChI=1S/C12H11F3N2O3/c1-2-3-9(11(18)19)16-12(20)17-10-7(14)4-6(13)5-8(10)15/h2,4-5,9H,1,3H2,(H,18,19)(H2,16,17,20). The Bertz CT molecular complexity index is 526. The molecule has 20 heavy (non-hydrogen) atoms. The summed E-state index contributed by atoms with van der Waals surface area (Å²) in [6.07, 6.45) is 1.19. The number of carboxylic acids is 1. The Morgan fingerprint density at radius 1 is 1.30 bits per heavy atom. The second kappa shape index (κ2) is 6.60. The molecular formula is C12H11F3N2O3. The number of hydrogen-bond donors (Lipinski definition) is 3. The summed E-state index contributed by atoms with van der Waals surface area (Å²) in [5, 5.41) is 12.5. The predicted molar refractivity (Wildman–Crippen MR) is 64.7 cm³/mol. The monoisotopic (exact) mass is 288 g/mol. The summed E-state index contributed by atoms with van der Waals surface area (Å²) >= 11 is 0. The van der Waals surface area contributed by atoms with E-state index in [-0.39, 0.29) is 6.42 Å². The molecule has 0 saturated carbocycles. The van der Waals surface area contributed by atoms with Crippen molar-refractivity contribution in [2.75, 3.05) is 5.32 Å². The number of hydrogen-bond acceptors (Lipinski definition) is 2. The van der Waals surface area contributed by atoms with Gasteiger partial charge in [-0.3, -0.25) is 0 Å². The van der Waals surface area contributed by atoms with Gasteiger partial charge >= 0.3 is 12.0 Å². The normalized spacial score (nSPS) is 11.6. The van der Waals surface area contributed by atoms with Crippen molar-refractivity contribution >= 4 is 17.7 Å². The first-order valence-corrected chi connectivity index (χ1v) is 5.41. The average molecular weight is 288 g/mol. The van der Waals surface area contributed by atoms with Crippen molar-refractivity contribution in [1.29, 1.82) is 0 Å². The minimum absolute atomic E-state index is 0.0723. The highest BCUT2D eigenvalue weighted by Crippen LogP contribution is 2.19. The van der Waals surface area contributed by atoms with Crippen molar-refractivity contribution in [3.8, 4) is 0 Å². The van der Waals surface area contributed by atoms with Crippen LogP contribution in [0.5, 0.6) is 0 Å². The van der Waals surface area contributed by atoms with Crippen molar-refractivity contribution in [3.05, 3.63) is 42.2 Å². The van der Waals surface area contributed by atoms with Crippen molar-refractivity contribution in [3.63, 3.8) is 0 Å². The summed E-state index contributed by atoms with van der Waals surface area (Å²) in [5.41, 5.74) is -0.869. The van der Waals surface area contributed by atoms with Crippen molar-refractivity contribution < 1.29 is 27.9 Å². The molecule has 1 aromatic carbocycles. The van der Waals surface area contributed by atoms with E-state index in [4.69, 9.17) is 5.11 Å². The maximum Gasteiger partial charge on any atom is 0.326 e. The highest BCUT2D eigenvalue weighted by Gasteiger charge is 2.20. The number of benzene rings is 1. The van der Waals surface area contributed by atoms with Crippen LogP contribution in [0.3, 0.4) is 0 Å². The van der Waals surface area contributed by atoms with E-state index in [2.05, 4.69) is 6.58 Å². The smallest absolute Gasteiger partial charge is 0.326 e. The topological polar surface area (TPSA) is 78.4 Å². The summed E-state index contributed by atoms with van der Waals surface area (Å²) in [5.74, 6) is -5.09. The number of nitrogens with one attached hydrogen (secondary N) is 2. The van der Waals surface area contributed by atoms with Gasteiger partial charge in [-0.25, -0.2) is 22.8 Å². The van der Waals surface area contributed by atoms with Gasteiger partial charge in [-0.2, -0.15) is 0 Å². The number of carboxylic acid groups (broad SMARTS) is 1. The lowest BCUT2D eigenvalue weighted by Gasteiger charge is -2.14. The first-order chi connectivity index (χ1) is 9.35. The molecule has 0 heterocycles. The zero-order valence-electron chi connectivity index (χ0n) is 10.1. The highest BCUT2D eigenvalue weighted by atomic mass is 19.1. The van der Waals surface area contributed by atoms with Crippen molar-refractivity contribution in [1.82, 2.24) is 5.32 Å². The fourth-order valence-corrected chi connectivity index (χ4v) is 1.36. The molecule has 0 spiro atoms. The van der Waals surface area contributed by atoms with Crippen molar-refractivity contribution in [2.24, 2.45) is 0 Å². The lowest BCUT2D eigenvalue weighted by molar-refractivity contribution is -0.139. The van der Waals surface area contributed by atoms with Gasteiger partial charge < -0.3 is 15.7 Å². The van der Waals surface area contributed by atoms with Crippen LogP contribution in [0.1, 0.15) is 6.42 Å². The van der Waals surface area contributed by atoms with Crippen LogP contribution in [0, 0.1) is 17.5 Å². The van der Waals surface area contributed by atoms with Crippen LogP contribution >= 0.6 is 0 Å². The second-order valence-electron chi connectivity index (χ2n) is 3.76. The van der Waals surface area contributed by atoms with E-state index >= 15 is 0 Å². The van der Waals surface area contributed by atoms with Crippen LogP contribution in [0.25, 0.3) is 0 Å². The molecule has 108 valence electrons. The summed E-state index contributed by atoms with van der Waals surface area (Å²) < 4.78 is 39.2. The summed E-state index contributed by atoms with van der Waals surface area (Å²) in [6.45, 7) is 3.32. The third-order valence-electron chi connectivity index (χ3n) is 2.25. The minimum Gasteiger partial charge on any atom is -0.480 e. The lowest BCUT2D eigenvalue weighted by Crippen LogP contribution is -2.42. The third-order valence-corrected chi connectivity index (χ3v) is 2.25. The summed E-state index contributed by atoms with van der Waals surface area (Å²) in [6, 6.07) is -1.66. The Morgan fingerprint density at radius 2 is 1.85 bits per heavy atom. The molecule has 0 radical (unpaired) electrons. The van der Waals surface area contributed by atoms with E-state index in [9.17, 15) is 22.8 Å². The number of aliphatic carboxylic acids is 1. The Kier molecular flexibility index (Phi) is 5.13. The van der Waals surface area contributed by atoms with Gasteiger partial charge in [0.1, 0.15) is 17.5 Å². The largest absolute Gasteiger partial charge is 0.480 e. The molecule has 3 N–H and O–H groups in total. The van der Waals surface area contributed by atoms with E-state index in [1.54, 1.807) is 5.32 Å². The molecule has 0 aliphatic heterocycles. The van der Waals surface area contributed by atoms with E-state index in [0.717, 1.165) is 0 Å². The number of carbonyl (C=O) groups is 2. The quantitative estimate of drug-likeness (QED) is 0.727. The average Bonchev–Trinajstić information content (AvgIpc) is 2.33. The Morgan fingerprint density at radius 3 is 2.30 bits per heavy atom. The Balaban J connectivity index is 2.81. The third kappa shape index (κ3) is 4.01. The zero-order valence-corrected chi connectivity index (χ0v) is 10.1. The maximum absolute atomic E-state index is 13.3. The first kappa shape index (κ1) is 15.5. The van der Waals surface area contributed by atoms with Gasteiger partial charge in [-0.05, 0) is 6.42 Å². The number of urea groups is 1. The van der Waals surface area contributed by atoms with Gasteiger partial charge in [-0.1, -0.05) is 6.08 Å². The van der Waals surface area contributed by atoms with E-state index in [1.165, 1.54) is 6.08 Å². The molecule has 0 saturated heterocycles. The number of rotatable bonds is 5. The Labute approximate surface area is 112 Å². The van der Waals surface area contributed by atoms with Crippen LogP contribution in [-0.4, -0.2) is 23.1 Å². The van der Waals surface area contributed by atoms with E-state index in [0.29, 0.717) is 12.1 Å². The molecule has 2 amide bonds. The fraction of sp³-hybridized carbons (Fsp3) is 0.167. The van der Waals surface area contributed by atoms with E-state index in [1.807, 2.05) is 5.32 Å². The number of halogens is 3. The minimum atomic E-state index is -1.33. The predicted octanol–water partition coefficient (Wildman–Crippen LogP) is 2.25. The summed E-state index contributed by atoms with van der Waals surface area (Å²) in [4.78, 5) is 22.2. The van der Waals surface area contributed by atoms with Crippen LogP contribution in [0.15, 0.2) is 24.8 Å². The Hall–Kier alpha value is -2.51. The fourth-order valence-electron chi connectivity index (χ4n) is 1.36. The van der Waals surface area contributed by atoms with Gasteiger partial charge in [0.15, 0.2) is 11.6 Å². The number of amides is 2. The SMILES string of the molecule is C=CCC(NC(=O)Nc1c(F)cc(F)cc1F)C(=O)O. The number of anilines is 1. The van der Waals surface area contributed by atoms with Gasteiger partial charge in [-0.15, -0.1) is 6.58 Å². The zero-order chi connectivity index (χ0) is 15.3. The van der Waals surface area contributed by atoms with Gasteiger partial charge in [0.2, 0.25) is 0 Å². The molecule has 0 aliphatic carbocycles. The van der Waals surface area contributed by atoms with Crippen LogP contribution in [-0.2, 0) is 4.79 Å². The molecule has 0 bridgehead atoms. The summed E-state index contributed by atoms with van der Waals surface area (Å²) in [7, 11) is 0. The highest BCUT2D eigenvalue weighted by molar-refractivity contribution is 5.92. The van der Waals surface area contributed by atoms with Crippen LogP contribution in [0.4, 0.5) is 23.7 Å². The van der Waals surface area contributed by atoms with Crippen LogP contribution < -0.4 is 10.6 Å². The molecular weight excluding hydrogens is 277 g/mol. The maximum atomic E-state index is 13.3. The van der Waals surface area contributed by atoms with Crippen LogP contribution in [0.2, 0.25) is 0 Å². The molecule has 1 atom stereocenters. The molecule has 0 aliphatic rings. The van der Waals surface area contributed by atoms with Crippen molar-refractivity contribution in [2.45, 2.75) is 12.5 Å².